The normalized spacial score (nSPS) is 20.6. The van der Waals surface area contributed by atoms with E-state index in [1.165, 1.54) is 29.3 Å². The van der Waals surface area contributed by atoms with Gasteiger partial charge in [-0.25, -0.2) is 4.39 Å². The van der Waals surface area contributed by atoms with E-state index >= 15 is 0 Å². The van der Waals surface area contributed by atoms with Crippen LogP contribution in [0.3, 0.4) is 0 Å². The minimum absolute atomic E-state index is 0.0960. The van der Waals surface area contributed by atoms with E-state index in [-0.39, 0.29) is 24.1 Å². The van der Waals surface area contributed by atoms with Crippen LogP contribution < -0.4 is 16.1 Å². The predicted octanol–water partition coefficient (Wildman–Crippen LogP) is 2.70. The third-order valence-corrected chi connectivity index (χ3v) is 5.32. The van der Waals surface area contributed by atoms with Gasteiger partial charge in [0.15, 0.2) is 0 Å². The monoisotopic (exact) mass is 400 g/mol. The van der Waals surface area contributed by atoms with E-state index in [2.05, 4.69) is 10.4 Å². The van der Waals surface area contributed by atoms with Gasteiger partial charge in [0.1, 0.15) is 17.6 Å². The van der Waals surface area contributed by atoms with Gasteiger partial charge in [0.05, 0.1) is 11.7 Å². The molecule has 4 rings (SSSR count). The number of fused-ring (bicyclic) bond motifs is 1. The molecule has 2 amide bonds. The summed E-state index contributed by atoms with van der Waals surface area (Å²) in [5, 5.41) is 9.33. The largest absolute Gasteiger partial charge is 0.368 e. The molecule has 144 valence electrons. The van der Waals surface area contributed by atoms with E-state index in [4.69, 9.17) is 17.3 Å². The summed E-state index contributed by atoms with van der Waals surface area (Å²) in [6, 6.07) is 10.2. The van der Waals surface area contributed by atoms with E-state index in [1.54, 1.807) is 6.07 Å². The first-order valence-electron chi connectivity index (χ1n) is 8.93. The van der Waals surface area contributed by atoms with Gasteiger partial charge in [-0.2, -0.15) is 5.10 Å². The molecule has 0 fully saturated rings. The van der Waals surface area contributed by atoms with Gasteiger partial charge in [0.2, 0.25) is 5.91 Å². The van der Waals surface area contributed by atoms with Crippen LogP contribution in [0.4, 0.5) is 10.1 Å². The number of nitrogens with zero attached hydrogens (tertiary/aromatic N) is 2. The van der Waals surface area contributed by atoms with Crippen molar-refractivity contribution < 1.29 is 14.0 Å². The Morgan fingerprint density at radius 3 is 2.68 bits per heavy atom. The van der Waals surface area contributed by atoms with Crippen LogP contribution >= 0.6 is 11.6 Å². The predicted molar refractivity (Wildman–Crippen MR) is 105 cm³/mol. The summed E-state index contributed by atoms with van der Waals surface area (Å²) in [4.78, 5) is 24.6. The van der Waals surface area contributed by atoms with Gasteiger partial charge >= 0.3 is 0 Å². The molecule has 2 aliphatic rings. The van der Waals surface area contributed by atoms with Crippen molar-refractivity contribution in [2.45, 2.75) is 31.3 Å². The maximum absolute atomic E-state index is 13.2. The smallest absolute Gasteiger partial charge is 0.268 e. The number of halogens is 2. The number of hydrogen-bond donors (Lipinski definition) is 2. The number of anilines is 1. The molecule has 1 aliphatic heterocycles. The molecule has 1 heterocycles. The first kappa shape index (κ1) is 18.4. The summed E-state index contributed by atoms with van der Waals surface area (Å²) in [6.07, 6.45) is 1.70. The molecular formula is C20H18ClFN4O2. The molecule has 2 aromatic carbocycles. The minimum Gasteiger partial charge on any atom is -0.368 e. The summed E-state index contributed by atoms with van der Waals surface area (Å²) in [7, 11) is 0. The van der Waals surface area contributed by atoms with Gasteiger partial charge in [0, 0.05) is 11.4 Å². The third kappa shape index (κ3) is 3.45. The molecule has 2 atom stereocenters. The van der Waals surface area contributed by atoms with Crippen molar-refractivity contribution in [1.29, 1.82) is 0 Å². The Hall–Kier alpha value is -2.93. The standard InChI is InChI=1S/C20H18ClFN4O2/c21-12-2-7-15-11(9-12)1-8-16(15)24-20(28)17-10-18(19(23)27)26(25-17)14-5-3-13(22)4-6-14/h2-7,9,16,18H,1,8,10H2,(H2,23,27)(H,24,28). The van der Waals surface area contributed by atoms with E-state index in [0.29, 0.717) is 10.7 Å². The number of hydrogen-bond acceptors (Lipinski definition) is 4. The highest BCUT2D eigenvalue weighted by Gasteiger charge is 2.36. The molecule has 2 unspecified atom stereocenters. The number of primary amides is 1. The number of aryl methyl sites for hydroxylation is 1. The number of hydrazone groups is 1. The molecule has 8 heteroatoms. The second-order valence-electron chi connectivity index (χ2n) is 6.90. The Bertz CT molecular complexity index is 977. The first-order chi connectivity index (χ1) is 13.4. The Kier molecular flexibility index (Phi) is 4.77. The number of rotatable bonds is 4. The lowest BCUT2D eigenvalue weighted by atomic mass is 10.1. The summed E-state index contributed by atoms with van der Waals surface area (Å²) in [5.41, 5.74) is 8.36. The molecule has 0 spiro atoms. The molecule has 0 radical (unpaired) electrons. The van der Waals surface area contributed by atoms with E-state index in [1.807, 2.05) is 12.1 Å². The van der Waals surface area contributed by atoms with Crippen LogP contribution in [0.25, 0.3) is 0 Å². The fourth-order valence-electron chi connectivity index (χ4n) is 3.68. The molecule has 0 saturated carbocycles. The first-order valence-corrected chi connectivity index (χ1v) is 9.31. The SMILES string of the molecule is NC(=O)C1CC(C(=O)NC2CCc3cc(Cl)ccc32)=NN1c1ccc(F)cc1. The molecular weight excluding hydrogens is 383 g/mol. The zero-order chi connectivity index (χ0) is 19.8. The van der Waals surface area contributed by atoms with Crippen LogP contribution in [-0.2, 0) is 16.0 Å². The van der Waals surface area contributed by atoms with Crippen LogP contribution in [0.1, 0.15) is 30.0 Å². The zero-order valence-corrected chi connectivity index (χ0v) is 15.6. The van der Waals surface area contributed by atoms with E-state index in [0.717, 1.165) is 24.0 Å². The maximum atomic E-state index is 13.2. The van der Waals surface area contributed by atoms with Crippen LogP contribution in [0.15, 0.2) is 47.6 Å². The fraction of sp³-hybridized carbons (Fsp3) is 0.250. The van der Waals surface area contributed by atoms with Crippen LogP contribution in [-0.4, -0.2) is 23.6 Å². The molecule has 0 saturated heterocycles. The molecule has 28 heavy (non-hydrogen) atoms. The van der Waals surface area contributed by atoms with Crippen molar-refractivity contribution in [3.8, 4) is 0 Å². The van der Waals surface area contributed by atoms with Crippen molar-refractivity contribution in [3.05, 3.63) is 64.4 Å². The van der Waals surface area contributed by atoms with Crippen molar-refractivity contribution in [3.63, 3.8) is 0 Å². The molecule has 0 bridgehead atoms. The maximum Gasteiger partial charge on any atom is 0.268 e. The summed E-state index contributed by atoms with van der Waals surface area (Å²) in [5.74, 6) is -1.35. The quantitative estimate of drug-likeness (QED) is 0.827. The van der Waals surface area contributed by atoms with Gasteiger partial charge in [-0.15, -0.1) is 0 Å². The Labute approximate surface area is 166 Å². The summed E-state index contributed by atoms with van der Waals surface area (Å²) >= 11 is 6.03. The van der Waals surface area contributed by atoms with E-state index < -0.39 is 17.8 Å². The second-order valence-corrected chi connectivity index (χ2v) is 7.33. The molecule has 1 aliphatic carbocycles. The van der Waals surface area contributed by atoms with Gasteiger partial charge < -0.3 is 11.1 Å². The highest BCUT2D eigenvalue weighted by Crippen LogP contribution is 2.33. The zero-order valence-electron chi connectivity index (χ0n) is 14.9. The molecule has 3 N–H and O–H groups in total. The topological polar surface area (TPSA) is 87.8 Å². The number of nitrogens with two attached hydrogens (primary N) is 1. The number of benzene rings is 2. The highest BCUT2D eigenvalue weighted by molar-refractivity contribution is 6.40. The minimum atomic E-state index is -0.791. The third-order valence-electron chi connectivity index (χ3n) is 5.08. The van der Waals surface area contributed by atoms with Crippen molar-refractivity contribution in [2.75, 3.05) is 5.01 Å². The summed E-state index contributed by atoms with van der Waals surface area (Å²) in [6.45, 7) is 0. The van der Waals surface area contributed by atoms with Crippen LogP contribution in [0.2, 0.25) is 5.02 Å². The average molecular weight is 401 g/mol. The Balaban J connectivity index is 1.54. The number of amides is 2. The number of nitrogens with one attached hydrogen (secondary N) is 1. The van der Waals surface area contributed by atoms with Gasteiger partial charge in [-0.1, -0.05) is 17.7 Å². The lowest BCUT2D eigenvalue weighted by Crippen LogP contribution is -2.40. The Morgan fingerprint density at radius 1 is 1.21 bits per heavy atom. The lowest BCUT2D eigenvalue weighted by molar-refractivity contribution is -0.119. The Morgan fingerprint density at radius 2 is 1.96 bits per heavy atom. The van der Waals surface area contributed by atoms with Gasteiger partial charge in [0.25, 0.3) is 5.91 Å². The number of carbonyl (C=O) groups excluding carboxylic acids is 2. The number of carbonyl (C=O) groups is 2. The van der Waals surface area contributed by atoms with Crippen molar-refractivity contribution in [1.82, 2.24) is 5.32 Å². The van der Waals surface area contributed by atoms with Crippen molar-refractivity contribution in [2.24, 2.45) is 10.8 Å². The lowest BCUT2D eigenvalue weighted by Gasteiger charge is -2.20. The van der Waals surface area contributed by atoms with E-state index in [9.17, 15) is 14.0 Å². The van der Waals surface area contributed by atoms with Crippen LogP contribution in [0, 0.1) is 5.82 Å². The average Bonchev–Trinajstić information content (AvgIpc) is 3.27. The van der Waals surface area contributed by atoms with Gasteiger partial charge in [-0.05, 0) is 60.4 Å². The molecule has 6 nitrogen and oxygen atoms in total. The van der Waals surface area contributed by atoms with Gasteiger partial charge in [-0.3, -0.25) is 14.6 Å². The second kappa shape index (κ2) is 7.24. The summed E-state index contributed by atoms with van der Waals surface area (Å²) < 4.78 is 13.2. The molecule has 2 aromatic rings. The van der Waals surface area contributed by atoms with Crippen molar-refractivity contribution >= 4 is 34.8 Å². The molecule has 0 aromatic heterocycles. The van der Waals surface area contributed by atoms with Crippen LogP contribution in [0.5, 0.6) is 0 Å². The highest BCUT2D eigenvalue weighted by atomic mass is 35.5. The fourth-order valence-corrected chi connectivity index (χ4v) is 3.87.